The van der Waals surface area contributed by atoms with Crippen LogP contribution >= 0.6 is 0 Å². The standard InChI is InChI=1S/C10H12O4/c1-3-4-13-6-8-5-9(7(2)11)10(12)14-8/h1,8-9H,4-6H2,2H3. The minimum absolute atomic E-state index is 0.158. The van der Waals surface area contributed by atoms with Gasteiger partial charge in [0.25, 0.3) is 0 Å². The average Bonchev–Trinajstić information content (AvgIpc) is 2.47. The molecule has 1 aliphatic rings. The van der Waals surface area contributed by atoms with E-state index in [0.717, 1.165) is 0 Å². The van der Waals surface area contributed by atoms with Crippen LogP contribution in [-0.2, 0) is 19.1 Å². The summed E-state index contributed by atoms with van der Waals surface area (Å²) in [7, 11) is 0. The summed E-state index contributed by atoms with van der Waals surface area (Å²) in [6, 6.07) is 0. The van der Waals surface area contributed by atoms with Crippen molar-refractivity contribution in [2.45, 2.75) is 19.4 Å². The van der Waals surface area contributed by atoms with Crippen molar-refractivity contribution in [3.8, 4) is 12.3 Å². The van der Waals surface area contributed by atoms with Crippen LogP contribution in [0, 0.1) is 18.3 Å². The number of ether oxygens (including phenoxy) is 2. The molecule has 76 valence electrons. The molecule has 1 heterocycles. The fourth-order valence-electron chi connectivity index (χ4n) is 1.34. The molecule has 1 aliphatic heterocycles. The second kappa shape index (κ2) is 4.77. The molecule has 1 rings (SSSR count). The molecule has 0 aliphatic carbocycles. The molecule has 1 saturated heterocycles. The number of ketones is 1. The summed E-state index contributed by atoms with van der Waals surface area (Å²) < 4.78 is 9.95. The van der Waals surface area contributed by atoms with Crippen molar-refractivity contribution in [3.63, 3.8) is 0 Å². The summed E-state index contributed by atoms with van der Waals surface area (Å²) in [6.07, 6.45) is 5.05. The van der Waals surface area contributed by atoms with Gasteiger partial charge in [-0.15, -0.1) is 6.42 Å². The largest absolute Gasteiger partial charge is 0.459 e. The lowest BCUT2D eigenvalue weighted by atomic mass is 10.0. The van der Waals surface area contributed by atoms with Crippen LogP contribution in [0.4, 0.5) is 0 Å². The fourth-order valence-corrected chi connectivity index (χ4v) is 1.34. The molecular formula is C10H12O4. The normalized spacial score (nSPS) is 25.6. The first-order chi connectivity index (χ1) is 6.65. The Hall–Kier alpha value is -1.34. The SMILES string of the molecule is C#CCOCC1CC(C(C)=O)C(=O)O1. The van der Waals surface area contributed by atoms with Crippen molar-refractivity contribution < 1.29 is 19.1 Å². The van der Waals surface area contributed by atoms with Gasteiger partial charge < -0.3 is 9.47 Å². The summed E-state index contributed by atoms with van der Waals surface area (Å²) in [4.78, 5) is 22.1. The Morgan fingerprint density at radius 1 is 1.79 bits per heavy atom. The van der Waals surface area contributed by atoms with Gasteiger partial charge in [-0.1, -0.05) is 5.92 Å². The summed E-state index contributed by atoms with van der Waals surface area (Å²) in [5.41, 5.74) is 0. The van der Waals surface area contributed by atoms with Crippen LogP contribution in [0.2, 0.25) is 0 Å². The van der Waals surface area contributed by atoms with E-state index in [9.17, 15) is 9.59 Å². The van der Waals surface area contributed by atoms with Gasteiger partial charge in [-0.05, 0) is 6.92 Å². The van der Waals surface area contributed by atoms with Gasteiger partial charge in [-0.2, -0.15) is 0 Å². The first kappa shape index (κ1) is 10.7. The number of esters is 1. The van der Waals surface area contributed by atoms with Gasteiger partial charge in [-0.3, -0.25) is 9.59 Å². The Kier molecular flexibility index (Phi) is 3.66. The second-order valence-corrected chi connectivity index (χ2v) is 3.18. The van der Waals surface area contributed by atoms with Crippen LogP contribution < -0.4 is 0 Å². The molecule has 4 nitrogen and oxygen atoms in total. The third-order valence-electron chi connectivity index (χ3n) is 2.05. The van der Waals surface area contributed by atoms with Gasteiger partial charge in [0.2, 0.25) is 0 Å². The number of Topliss-reactive ketones (excluding diaryl/α,β-unsaturated/α-hetero) is 1. The van der Waals surface area contributed by atoms with Crippen LogP contribution in [0.25, 0.3) is 0 Å². The third-order valence-corrected chi connectivity index (χ3v) is 2.05. The molecule has 4 heteroatoms. The Morgan fingerprint density at radius 3 is 3.00 bits per heavy atom. The predicted octanol–water partition coefficient (Wildman–Crippen LogP) is 0.157. The molecule has 2 atom stereocenters. The van der Waals surface area contributed by atoms with Crippen molar-refractivity contribution in [3.05, 3.63) is 0 Å². The molecule has 14 heavy (non-hydrogen) atoms. The number of carbonyl (C=O) groups excluding carboxylic acids is 2. The van der Waals surface area contributed by atoms with E-state index in [1.165, 1.54) is 6.92 Å². The zero-order chi connectivity index (χ0) is 10.6. The number of hydrogen-bond donors (Lipinski definition) is 0. The van der Waals surface area contributed by atoms with Gasteiger partial charge in [0.05, 0.1) is 6.61 Å². The van der Waals surface area contributed by atoms with Crippen molar-refractivity contribution in [2.24, 2.45) is 5.92 Å². The van der Waals surface area contributed by atoms with E-state index in [2.05, 4.69) is 5.92 Å². The maximum Gasteiger partial charge on any atom is 0.316 e. The highest BCUT2D eigenvalue weighted by Gasteiger charge is 2.37. The van der Waals surface area contributed by atoms with Crippen LogP contribution in [0.3, 0.4) is 0 Å². The molecule has 0 aromatic rings. The fraction of sp³-hybridized carbons (Fsp3) is 0.600. The number of rotatable bonds is 4. The lowest BCUT2D eigenvalue weighted by Crippen LogP contribution is -2.15. The Balaban J connectivity index is 2.36. The number of terminal acetylenes is 1. The molecule has 0 aromatic heterocycles. The first-order valence-electron chi connectivity index (χ1n) is 4.37. The minimum atomic E-state index is -0.616. The summed E-state index contributed by atoms with van der Waals surface area (Å²) in [6.45, 7) is 1.84. The molecule has 1 fully saturated rings. The topological polar surface area (TPSA) is 52.6 Å². The summed E-state index contributed by atoms with van der Waals surface area (Å²) >= 11 is 0. The molecule has 0 spiro atoms. The molecule has 2 unspecified atom stereocenters. The monoisotopic (exact) mass is 196 g/mol. The van der Waals surface area contributed by atoms with Crippen LogP contribution in [0.5, 0.6) is 0 Å². The highest BCUT2D eigenvalue weighted by Crippen LogP contribution is 2.21. The number of cyclic esters (lactones) is 1. The lowest BCUT2D eigenvalue weighted by Gasteiger charge is -2.06. The van der Waals surface area contributed by atoms with Gasteiger partial charge in [0.1, 0.15) is 24.4 Å². The second-order valence-electron chi connectivity index (χ2n) is 3.18. The number of hydrogen-bond acceptors (Lipinski definition) is 4. The zero-order valence-corrected chi connectivity index (χ0v) is 7.99. The molecule has 0 aromatic carbocycles. The van der Waals surface area contributed by atoms with E-state index in [4.69, 9.17) is 15.9 Å². The van der Waals surface area contributed by atoms with Crippen molar-refractivity contribution >= 4 is 11.8 Å². The minimum Gasteiger partial charge on any atom is -0.459 e. The van der Waals surface area contributed by atoms with Crippen molar-refractivity contribution in [2.75, 3.05) is 13.2 Å². The average molecular weight is 196 g/mol. The molecule has 0 saturated carbocycles. The molecule has 0 amide bonds. The first-order valence-corrected chi connectivity index (χ1v) is 4.37. The van der Waals surface area contributed by atoms with E-state index in [1.807, 2.05) is 0 Å². The predicted molar refractivity (Wildman–Crippen MR) is 48.3 cm³/mol. The van der Waals surface area contributed by atoms with Gasteiger partial charge in [0.15, 0.2) is 0 Å². The third kappa shape index (κ3) is 2.57. The van der Waals surface area contributed by atoms with Crippen LogP contribution in [-0.4, -0.2) is 31.1 Å². The summed E-state index contributed by atoms with van der Waals surface area (Å²) in [5.74, 6) is 1.08. The smallest absolute Gasteiger partial charge is 0.316 e. The van der Waals surface area contributed by atoms with E-state index >= 15 is 0 Å². The highest BCUT2D eigenvalue weighted by atomic mass is 16.6. The molecular weight excluding hydrogens is 184 g/mol. The van der Waals surface area contributed by atoms with Crippen molar-refractivity contribution in [1.82, 2.24) is 0 Å². The van der Waals surface area contributed by atoms with E-state index in [0.29, 0.717) is 6.42 Å². The maximum absolute atomic E-state index is 11.1. The van der Waals surface area contributed by atoms with E-state index < -0.39 is 11.9 Å². The summed E-state index contributed by atoms with van der Waals surface area (Å²) in [5, 5.41) is 0. The van der Waals surface area contributed by atoms with E-state index in [-0.39, 0.29) is 25.1 Å². The van der Waals surface area contributed by atoms with Crippen LogP contribution in [0.1, 0.15) is 13.3 Å². The highest BCUT2D eigenvalue weighted by molar-refractivity contribution is 5.98. The van der Waals surface area contributed by atoms with Crippen molar-refractivity contribution in [1.29, 1.82) is 0 Å². The van der Waals surface area contributed by atoms with Gasteiger partial charge in [0, 0.05) is 6.42 Å². The number of carbonyl (C=O) groups is 2. The van der Waals surface area contributed by atoms with E-state index in [1.54, 1.807) is 0 Å². The Morgan fingerprint density at radius 2 is 2.50 bits per heavy atom. The molecule has 0 radical (unpaired) electrons. The zero-order valence-electron chi connectivity index (χ0n) is 7.99. The Labute approximate surface area is 82.6 Å². The Bertz CT molecular complexity index is 276. The maximum atomic E-state index is 11.1. The molecule has 0 bridgehead atoms. The lowest BCUT2D eigenvalue weighted by molar-refractivity contribution is -0.147. The quantitative estimate of drug-likeness (QED) is 0.278. The van der Waals surface area contributed by atoms with Gasteiger partial charge >= 0.3 is 5.97 Å². The molecule has 0 N–H and O–H groups in total. The van der Waals surface area contributed by atoms with Gasteiger partial charge in [-0.25, -0.2) is 0 Å². The van der Waals surface area contributed by atoms with Crippen LogP contribution in [0.15, 0.2) is 0 Å².